The van der Waals surface area contributed by atoms with Gasteiger partial charge in [0.1, 0.15) is 5.69 Å². The van der Waals surface area contributed by atoms with Crippen LogP contribution in [0.15, 0.2) is 17.2 Å². The Morgan fingerprint density at radius 3 is 2.93 bits per heavy atom. The first-order valence-electron chi connectivity index (χ1n) is 4.64. The fourth-order valence-electron chi connectivity index (χ4n) is 1.15. The van der Waals surface area contributed by atoms with E-state index >= 15 is 0 Å². The first-order valence-corrected chi connectivity index (χ1v) is 5.87. The Kier molecular flexibility index (Phi) is 2.81. The molecular formula is C10H11NO3S. The Morgan fingerprint density at radius 2 is 2.40 bits per heavy atom. The predicted octanol–water partition coefficient (Wildman–Crippen LogP) is 2.04. The molecule has 0 saturated heterocycles. The highest BCUT2D eigenvalue weighted by Gasteiger charge is 2.25. The second kappa shape index (κ2) is 4.10. The molecule has 0 aliphatic heterocycles. The molecule has 1 aliphatic rings. The van der Waals surface area contributed by atoms with E-state index in [-0.39, 0.29) is 5.69 Å². The van der Waals surface area contributed by atoms with E-state index in [1.807, 2.05) is 6.26 Å². The number of thioether (sulfide) groups is 1. The van der Waals surface area contributed by atoms with Gasteiger partial charge in [0.05, 0.1) is 17.2 Å². The lowest BCUT2D eigenvalue weighted by molar-refractivity contribution is 0.0690. The van der Waals surface area contributed by atoms with Gasteiger partial charge in [-0.1, -0.05) is 0 Å². The Labute approximate surface area is 91.7 Å². The third-order valence-electron chi connectivity index (χ3n) is 2.09. The number of rotatable bonds is 4. The van der Waals surface area contributed by atoms with Crippen LogP contribution in [0.1, 0.15) is 23.3 Å². The third kappa shape index (κ3) is 2.41. The molecule has 5 heteroatoms. The number of hydrogen-bond donors (Lipinski definition) is 1. The lowest BCUT2D eigenvalue weighted by atomic mass is 10.3. The molecule has 0 amide bonds. The summed E-state index contributed by atoms with van der Waals surface area (Å²) < 4.78 is 5.61. The molecule has 1 saturated carbocycles. The molecule has 0 atom stereocenters. The van der Waals surface area contributed by atoms with Gasteiger partial charge in [0, 0.05) is 0 Å². The summed E-state index contributed by atoms with van der Waals surface area (Å²) in [5.41, 5.74) is 0.0579. The highest BCUT2D eigenvalue weighted by Crippen LogP contribution is 2.33. The van der Waals surface area contributed by atoms with Gasteiger partial charge < -0.3 is 9.84 Å². The van der Waals surface area contributed by atoms with Crippen LogP contribution in [0.2, 0.25) is 0 Å². The standard InChI is InChI=1S/C10H11NO3S/c1-15-9-4-7(10(12)13)11-5-8(9)14-6-2-3-6/h4-6H,2-3H2,1H3,(H,12,13). The second-order valence-corrected chi connectivity index (χ2v) is 4.19. The van der Waals surface area contributed by atoms with E-state index < -0.39 is 5.97 Å². The van der Waals surface area contributed by atoms with Gasteiger partial charge in [-0.2, -0.15) is 0 Å². The second-order valence-electron chi connectivity index (χ2n) is 3.34. The van der Waals surface area contributed by atoms with Crippen LogP contribution >= 0.6 is 11.8 Å². The number of ether oxygens (including phenoxy) is 1. The lowest BCUT2D eigenvalue weighted by Crippen LogP contribution is -2.03. The molecule has 1 aliphatic carbocycles. The average Bonchev–Trinajstić information content (AvgIpc) is 3.02. The first kappa shape index (κ1) is 10.3. The van der Waals surface area contributed by atoms with E-state index in [1.54, 1.807) is 6.07 Å². The van der Waals surface area contributed by atoms with Crippen LogP contribution in [0.5, 0.6) is 5.75 Å². The fourth-order valence-corrected chi connectivity index (χ4v) is 1.69. The number of carboxylic acid groups (broad SMARTS) is 1. The number of aromatic carboxylic acids is 1. The van der Waals surface area contributed by atoms with E-state index in [9.17, 15) is 4.79 Å². The Bertz CT molecular complexity index is 390. The molecule has 4 nitrogen and oxygen atoms in total. The summed E-state index contributed by atoms with van der Waals surface area (Å²) in [6.07, 6.45) is 5.84. The summed E-state index contributed by atoms with van der Waals surface area (Å²) in [4.78, 5) is 15.4. The molecule has 1 fully saturated rings. The molecule has 1 aromatic heterocycles. The smallest absolute Gasteiger partial charge is 0.354 e. The summed E-state index contributed by atoms with van der Waals surface area (Å²) in [6.45, 7) is 0. The SMILES string of the molecule is CSc1cc(C(=O)O)ncc1OC1CC1. The molecule has 1 aromatic rings. The molecule has 0 bridgehead atoms. The van der Waals surface area contributed by atoms with Crippen LogP contribution < -0.4 is 4.74 Å². The van der Waals surface area contributed by atoms with Crippen molar-refractivity contribution >= 4 is 17.7 Å². The van der Waals surface area contributed by atoms with Crippen molar-refractivity contribution in [2.24, 2.45) is 0 Å². The van der Waals surface area contributed by atoms with Crippen molar-refractivity contribution in [3.8, 4) is 5.75 Å². The minimum atomic E-state index is -1.01. The molecule has 1 heterocycles. The van der Waals surface area contributed by atoms with Crippen LogP contribution in [-0.4, -0.2) is 28.4 Å². The van der Waals surface area contributed by atoms with Crippen LogP contribution in [0.3, 0.4) is 0 Å². The van der Waals surface area contributed by atoms with Crippen LogP contribution in [-0.2, 0) is 0 Å². The molecule has 0 spiro atoms. The number of carbonyl (C=O) groups is 1. The summed E-state index contributed by atoms with van der Waals surface area (Å²) in [7, 11) is 0. The molecule has 0 aromatic carbocycles. The van der Waals surface area contributed by atoms with Gasteiger partial charge in [-0.3, -0.25) is 0 Å². The van der Waals surface area contributed by atoms with Crippen molar-refractivity contribution in [3.63, 3.8) is 0 Å². The highest BCUT2D eigenvalue weighted by molar-refractivity contribution is 7.98. The van der Waals surface area contributed by atoms with E-state index in [0.717, 1.165) is 17.7 Å². The van der Waals surface area contributed by atoms with Crippen molar-refractivity contribution in [3.05, 3.63) is 18.0 Å². The summed E-state index contributed by atoms with van der Waals surface area (Å²) in [5, 5.41) is 8.78. The van der Waals surface area contributed by atoms with E-state index in [1.165, 1.54) is 18.0 Å². The molecule has 1 N–H and O–H groups in total. The van der Waals surface area contributed by atoms with E-state index in [2.05, 4.69) is 4.98 Å². The quantitative estimate of drug-likeness (QED) is 0.794. The van der Waals surface area contributed by atoms with Gasteiger partial charge in [-0.25, -0.2) is 9.78 Å². The predicted molar refractivity (Wildman–Crippen MR) is 56.6 cm³/mol. The maximum Gasteiger partial charge on any atom is 0.354 e. The zero-order valence-electron chi connectivity index (χ0n) is 8.27. The number of carboxylic acids is 1. The van der Waals surface area contributed by atoms with Crippen molar-refractivity contribution < 1.29 is 14.6 Å². The number of hydrogen-bond acceptors (Lipinski definition) is 4. The Morgan fingerprint density at radius 1 is 1.67 bits per heavy atom. The summed E-state index contributed by atoms with van der Waals surface area (Å²) in [5.74, 6) is -0.321. The van der Waals surface area contributed by atoms with Crippen molar-refractivity contribution in [2.45, 2.75) is 23.8 Å². The van der Waals surface area contributed by atoms with E-state index in [0.29, 0.717) is 11.9 Å². The van der Waals surface area contributed by atoms with Crippen molar-refractivity contribution in [1.82, 2.24) is 4.98 Å². The minimum Gasteiger partial charge on any atom is -0.488 e. The normalized spacial score (nSPS) is 15.0. The number of nitrogens with zero attached hydrogens (tertiary/aromatic N) is 1. The van der Waals surface area contributed by atoms with Gasteiger partial charge in [-0.05, 0) is 25.2 Å². The maximum atomic E-state index is 10.7. The zero-order valence-corrected chi connectivity index (χ0v) is 9.08. The first-order chi connectivity index (χ1) is 7.20. The van der Waals surface area contributed by atoms with Gasteiger partial charge in [0.2, 0.25) is 0 Å². The van der Waals surface area contributed by atoms with Crippen LogP contribution in [0.25, 0.3) is 0 Å². The fraction of sp³-hybridized carbons (Fsp3) is 0.400. The van der Waals surface area contributed by atoms with Crippen LogP contribution in [0.4, 0.5) is 0 Å². The lowest BCUT2D eigenvalue weighted by Gasteiger charge is -2.08. The molecule has 2 rings (SSSR count). The average molecular weight is 225 g/mol. The van der Waals surface area contributed by atoms with Crippen molar-refractivity contribution in [2.75, 3.05) is 6.26 Å². The number of pyridine rings is 1. The monoisotopic (exact) mass is 225 g/mol. The van der Waals surface area contributed by atoms with Crippen LogP contribution in [0, 0.1) is 0 Å². The molecular weight excluding hydrogens is 214 g/mol. The zero-order chi connectivity index (χ0) is 10.8. The Balaban J connectivity index is 2.25. The Hall–Kier alpha value is -1.23. The van der Waals surface area contributed by atoms with Crippen molar-refractivity contribution in [1.29, 1.82) is 0 Å². The van der Waals surface area contributed by atoms with Gasteiger partial charge in [-0.15, -0.1) is 11.8 Å². The summed E-state index contributed by atoms with van der Waals surface area (Å²) in [6, 6.07) is 1.55. The molecule has 80 valence electrons. The molecule has 15 heavy (non-hydrogen) atoms. The molecule has 0 radical (unpaired) electrons. The topological polar surface area (TPSA) is 59.4 Å². The van der Waals surface area contributed by atoms with E-state index in [4.69, 9.17) is 9.84 Å². The van der Waals surface area contributed by atoms with Gasteiger partial charge >= 0.3 is 5.97 Å². The van der Waals surface area contributed by atoms with Gasteiger partial charge in [0.25, 0.3) is 0 Å². The summed E-state index contributed by atoms with van der Waals surface area (Å²) >= 11 is 1.47. The number of aromatic nitrogens is 1. The molecule has 0 unspecified atom stereocenters. The largest absolute Gasteiger partial charge is 0.488 e. The van der Waals surface area contributed by atoms with Gasteiger partial charge in [0.15, 0.2) is 5.75 Å². The minimum absolute atomic E-state index is 0.0579. The maximum absolute atomic E-state index is 10.7. The highest BCUT2D eigenvalue weighted by atomic mass is 32.2. The third-order valence-corrected chi connectivity index (χ3v) is 2.85.